The minimum Gasteiger partial charge on any atom is -0.324 e. The quantitative estimate of drug-likeness (QED) is 0.305. The first-order valence-corrected chi connectivity index (χ1v) is 7.34. The maximum atomic E-state index is 12.2. The van der Waals surface area contributed by atoms with Gasteiger partial charge in [0.1, 0.15) is 0 Å². The summed E-state index contributed by atoms with van der Waals surface area (Å²) in [4.78, 5) is 22.5. The van der Waals surface area contributed by atoms with Gasteiger partial charge >= 0.3 is 0 Å². The first-order chi connectivity index (χ1) is 11.6. The Labute approximate surface area is 138 Å². The van der Waals surface area contributed by atoms with Crippen LogP contribution in [0.1, 0.15) is 15.9 Å². The molecule has 3 aromatic rings. The predicted octanol–water partition coefficient (Wildman–Crippen LogP) is 4.28. The monoisotopic (exact) mass is 318 g/mol. The van der Waals surface area contributed by atoms with Crippen molar-refractivity contribution in [3.8, 4) is 5.69 Å². The number of hydrogen-bond acceptors (Lipinski definition) is 3. The van der Waals surface area contributed by atoms with E-state index in [2.05, 4.69) is 0 Å². The number of nitro benzene ring substituents is 1. The standard InChI is InChI=1S/C19H14N2O3/c22-19(11-6-15-4-3-5-18(14-15)21(23)24)16-7-9-17(10-8-16)20-12-1-2-13-20/h1-14H/b11-6+. The van der Waals surface area contributed by atoms with E-state index in [1.165, 1.54) is 18.2 Å². The number of nitrogens with zero attached hydrogens (tertiary/aromatic N) is 2. The molecule has 1 aromatic heterocycles. The van der Waals surface area contributed by atoms with Gasteiger partial charge in [-0.15, -0.1) is 0 Å². The average Bonchev–Trinajstić information content (AvgIpc) is 3.14. The first-order valence-electron chi connectivity index (χ1n) is 7.34. The third-order valence-electron chi connectivity index (χ3n) is 3.56. The third kappa shape index (κ3) is 3.47. The fourth-order valence-corrected chi connectivity index (χ4v) is 2.31. The fourth-order valence-electron chi connectivity index (χ4n) is 2.31. The Morgan fingerprint density at radius 3 is 2.38 bits per heavy atom. The van der Waals surface area contributed by atoms with E-state index in [0.29, 0.717) is 11.1 Å². The van der Waals surface area contributed by atoms with Crippen LogP contribution in [0.15, 0.2) is 79.1 Å². The van der Waals surface area contributed by atoms with Crippen molar-refractivity contribution in [2.75, 3.05) is 0 Å². The summed E-state index contributed by atoms with van der Waals surface area (Å²) in [5, 5.41) is 10.8. The second-order valence-electron chi connectivity index (χ2n) is 5.19. The Kier molecular flexibility index (Phi) is 4.34. The van der Waals surface area contributed by atoms with E-state index >= 15 is 0 Å². The number of hydrogen-bond donors (Lipinski definition) is 0. The zero-order chi connectivity index (χ0) is 16.9. The minimum atomic E-state index is -0.459. The summed E-state index contributed by atoms with van der Waals surface area (Å²) in [6.45, 7) is 0. The van der Waals surface area contributed by atoms with Crippen molar-refractivity contribution in [3.63, 3.8) is 0 Å². The number of nitro groups is 1. The number of carbonyl (C=O) groups is 1. The second kappa shape index (κ2) is 6.75. The zero-order valence-corrected chi connectivity index (χ0v) is 12.7. The van der Waals surface area contributed by atoms with Gasteiger partial charge in [0.15, 0.2) is 5.78 Å². The van der Waals surface area contributed by atoms with E-state index in [4.69, 9.17) is 0 Å². The van der Waals surface area contributed by atoms with Crippen molar-refractivity contribution in [1.29, 1.82) is 0 Å². The molecule has 0 aliphatic carbocycles. The molecule has 0 bridgehead atoms. The van der Waals surface area contributed by atoms with Crippen molar-refractivity contribution < 1.29 is 9.72 Å². The highest BCUT2D eigenvalue weighted by Gasteiger charge is 2.05. The van der Waals surface area contributed by atoms with Crippen LogP contribution in [0.5, 0.6) is 0 Å². The van der Waals surface area contributed by atoms with Crippen LogP contribution in [0.3, 0.4) is 0 Å². The van der Waals surface area contributed by atoms with Gasteiger partial charge in [0, 0.05) is 35.8 Å². The van der Waals surface area contributed by atoms with Crippen LogP contribution in [0, 0.1) is 10.1 Å². The molecule has 1 heterocycles. The van der Waals surface area contributed by atoms with Crippen molar-refractivity contribution >= 4 is 17.5 Å². The zero-order valence-electron chi connectivity index (χ0n) is 12.7. The summed E-state index contributed by atoms with van der Waals surface area (Å²) in [6.07, 6.45) is 6.86. The van der Waals surface area contributed by atoms with Gasteiger partial charge in [-0.05, 0) is 48.0 Å². The van der Waals surface area contributed by atoms with Gasteiger partial charge < -0.3 is 4.57 Å². The summed E-state index contributed by atoms with van der Waals surface area (Å²) < 4.78 is 1.95. The molecule has 2 aromatic carbocycles. The van der Waals surface area contributed by atoms with Gasteiger partial charge in [0.05, 0.1) is 4.92 Å². The van der Waals surface area contributed by atoms with Gasteiger partial charge in [-0.3, -0.25) is 14.9 Å². The molecule has 5 heteroatoms. The minimum absolute atomic E-state index is 0.000625. The Balaban J connectivity index is 1.75. The molecule has 0 atom stereocenters. The first kappa shape index (κ1) is 15.4. The number of allylic oxidation sites excluding steroid dienone is 1. The number of aromatic nitrogens is 1. The Morgan fingerprint density at radius 2 is 1.71 bits per heavy atom. The van der Waals surface area contributed by atoms with Crippen LogP contribution in [0.25, 0.3) is 11.8 Å². The van der Waals surface area contributed by atoms with Crippen LogP contribution in [-0.4, -0.2) is 15.3 Å². The Hall–Kier alpha value is -3.47. The average molecular weight is 318 g/mol. The van der Waals surface area contributed by atoms with E-state index in [1.807, 2.05) is 41.2 Å². The van der Waals surface area contributed by atoms with E-state index in [9.17, 15) is 14.9 Å². The van der Waals surface area contributed by atoms with Crippen LogP contribution < -0.4 is 0 Å². The van der Waals surface area contributed by atoms with Crippen molar-refractivity contribution in [2.45, 2.75) is 0 Å². The number of non-ortho nitro benzene ring substituents is 1. The molecule has 24 heavy (non-hydrogen) atoms. The van der Waals surface area contributed by atoms with Crippen molar-refractivity contribution in [3.05, 3.63) is 100 Å². The highest BCUT2D eigenvalue weighted by atomic mass is 16.6. The molecular formula is C19H14N2O3. The summed E-state index contributed by atoms with van der Waals surface area (Å²) in [5.41, 5.74) is 2.15. The largest absolute Gasteiger partial charge is 0.324 e. The molecule has 0 N–H and O–H groups in total. The SMILES string of the molecule is O=C(/C=C/c1cccc([N+](=O)[O-])c1)c1ccc(-n2cccc2)cc1. The highest BCUT2D eigenvalue weighted by Crippen LogP contribution is 2.15. The van der Waals surface area contributed by atoms with Crippen molar-refractivity contribution in [1.82, 2.24) is 4.57 Å². The lowest BCUT2D eigenvalue weighted by Gasteiger charge is -2.03. The molecule has 5 nitrogen and oxygen atoms in total. The maximum Gasteiger partial charge on any atom is 0.270 e. The van der Waals surface area contributed by atoms with Crippen molar-refractivity contribution in [2.24, 2.45) is 0 Å². The molecule has 0 radical (unpaired) electrons. The van der Waals surface area contributed by atoms with Gasteiger partial charge in [-0.25, -0.2) is 0 Å². The number of rotatable bonds is 5. The summed E-state index contributed by atoms with van der Waals surface area (Å²) in [7, 11) is 0. The smallest absolute Gasteiger partial charge is 0.270 e. The van der Waals surface area contributed by atoms with Crippen LogP contribution >= 0.6 is 0 Å². The second-order valence-corrected chi connectivity index (χ2v) is 5.19. The van der Waals surface area contributed by atoms with E-state index < -0.39 is 4.92 Å². The van der Waals surface area contributed by atoms with Crippen LogP contribution in [0.2, 0.25) is 0 Å². The van der Waals surface area contributed by atoms with E-state index in [0.717, 1.165) is 5.69 Å². The lowest BCUT2D eigenvalue weighted by Crippen LogP contribution is -1.96. The van der Waals surface area contributed by atoms with Gasteiger partial charge in [-0.2, -0.15) is 0 Å². The molecule has 0 saturated carbocycles. The number of carbonyl (C=O) groups excluding carboxylic acids is 1. The lowest BCUT2D eigenvalue weighted by molar-refractivity contribution is -0.384. The van der Waals surface area contributed by atoms with Gasteiger partial charge in [0.2, 0.25) is 0 Å². The molecule has 0 aliphatic rings. The molecule has 0 aliphatic heterocycles. The van der Waals surface area contributed by atoms with Gasteiger partial charge in [0.25, 0.3) is 5.69 Å². The summed E-state index contributed by atoms with van der Waals surface area (Å²) >= 11 is 0. The van der Waals surface area contributed by atoms with E-state index in [-0.39, 0.29) is 11.5 Å². The van der Waals surface area contributed by atoms with Crippen LogP contribution in [0.4, 0.5) is 5.69 Å². The molecule has 118 valence electrons. The molecule has 0 unspecified atom stereocenters. The topological polar surface area (TPSA) is 65.1 Å². The Bertz CT molecular complexity index is 895. The third-order valence-corrected chi connectivity index (χ3v) is 3.56. The van der Waals surface area contributed by atoms with Gasteiger partial charge in [-0.1, -0.05) is 18.2 Å². The summed E-state index contributed by atoms with van der Waals surface area (Å²) in [6, 6.07) is 17.3. The fraction of sp³-hybridized carbons (Fsp3) is 0. The molecule has 3 rings (SSSR count). The van der Waals surface area contributed by atoms with Crippen LogP contribution in [-0.2, 0) is 0 Å². The molecule has 0 amide bonds. The molecule has 0 spiro atoms. The predicted molar refractivity (Wildman–Crippen MR) is 92.2 cm³/mol. The number of ketones is 1. The number of benzene rings is 2. The highest BCUT2D eigenvalue weighted by molar-refractivity contribution is 6.06. The molecule has 0 fully saturated rings. The maximum absolute atomic E-state index is 12.2. The molecule has 0 saturated heterocycles. The molecular weight excluding hydrogens is 304 g/mol. The van der Waals surface area contributed by atoms with E-state index in [1.54, 1.807) is 30.3 Å². The summed E-state index contributed by atoms with van der Waals surface area (Å²) in [5.74, 6) is -0.152. The normalized spacial score (nSPS) is 10.8. The lowest BCUT2D eigenvalue weighted by atomic mass is 10.1. The Morgan fingerprint density at radius 1 is 1.00 bits per heavy atom.